The molecular formula is C11H15NO3S. The van der Waals surface area contributed by atoms with Crippen LogP contribution in [-0.4, -0.2) is 30.8 Å². The van der Waals surface area contributed by atoms with Gasteiger partial charge in [-0.05, 0) is 26.3 Å². The maximum atomic E-state index is 11.4. The smallest absolute Gasteiger partial charge is 0.152 e. The SMILES string of the molecule is Cc1cc(C=O)c(C)n1C1CCS(=O)(=O)C1. The zero-order valence-electron chi connectivity index (χ0n) is 9.43. The van der Waals surface area contributed by atoms with Crippen LogP contribution in [0.3, 0.4) is 0 Å². The maximum absolute atomic E-state index is 11.4. The standard InChI is InChI=1S/C11H15NO3S/c1-8-5-10(6-13)9(2)12(8)11-3-4-16(14,15)7-11/h5-6,11H,3-4,7H2,1-2H3. The number of hydrogen-bond donors (Lipinski definition) is 0. The molecule has 0 bridgehead atoms. The van der Waals surface area contributed by atoms with Gasteiger partial charge in [0.25, 0.3) is 0 Å². The zero-order chi connectivity index (χ0) is 11.9. The summed E-state index contributed by atoms with van der Waals surface area (Å²) in [6.45, 7) is 3.77. The Labute approximate surface area is 95.2 Å². The van der Waals surface area contributed by atoms with Gasteiger partial charge in [-0.25, -0.2) is 8.42 Å². The number of carbonyl (C=O) groups excluding carboxylic acids is 1. The fourth-order valence-corrected chi connectivity index (χ4v) is 4.16. The van der Waals surface area contributed by atoms with Gasteiger partial charge >= 0.3 is 0 Å². The molecule has 0 amide bonds. The lowest BCUT2D eigenvalue weighted by molar-refractivity contribution is 0.112. The lowest BCUT2D eigenvalue weighted by atomic mass is 10.2. The summed E-state index contributed by atoms with van der Waals surface area (Å²) in [5, 5.41) is 0. The third-order valence-corrected chi connectivity index (χ3v) is 4.97. The Hall–Kier alpha value is -1.10. The summed E-state index contributed by atoms with van der Waals surface area (Å²) in [6.07, 6.45) is 1.47. The van der Waals surface area contributed by atoms with Gasteiger partial charge in [0.1, 0.15) is 0 Å². The molecule has 0 radical (unpaired) electrons. The molecule has 0 saturated carbocycles. The summed E-state index contributed by atoms with van der Waals surface area (Å²) in [4.78, 5) is 10.8. The maximum Gasteiger partial charge on any atom is 0.152 e. The van der Waals surface area contributed by atoms with Crippen molar-refractivity contribution in [2.24, 2.45) is 0 Å². The van der Waals surface area contributed by atoms with Gasteiger partial charge in [0.15, 0.2) is 16.1 Å². The van der Waals surface area contributed by atoms with E-state index < -0.39 is 9.84 Å². The van der Waals surface area contributed by atoms with Crippen LogP contribution in [-0.2, 0) is 9.84 Å². The minimum Gasteiger partial charge on any atom is -0.344 e. The molecule has 5 heteroatoms. The summed E-state index contributed by atoms with van der Waals surface area (Å²) in [7, 11) is -2.88. The van der Waals surface area contributed by atoms with Crippen molar-refractivity contribution >= 4 is 16.1 Å². The monoisotopic (exact) mass is 241 g/mol. The fourth-order valence-electron chi connectivity index (χ4n) is 2.46. The molecule has 0 aliphatic carbocycles. The average molecular weight is 241 g/mol. The van der Waals surface area contributed by atoms with Gasteiger partial charge in [-0.15, -0.1) is 0 Å². The second kappa shape index (κ2) is 3.73. The number of carbonyl (C=O) groups is 1. The molecule has 1 atom stereocenters. The summed E-state index contributed by atoms with van der Waals surface area (Å²) >= 11 is 0. The minimum atomic E-state index is -2.88. The van der Waals surface area contributed by atoms with Crippen LogP contribution in [0.15, 0.2) is 6.07 Å². The summed E-state index contributed by atoms with van der Waals surface area (Å²) in [5.41, 5.74) is 2.48. The number of rotatable bonds is 2. The predicted octanol–water partition coefficient (Wildman–Crippen LogP) is 1.28. The van der Waals surface area contributed by atoms with Crippen LogP contribution >= 0.6 is 0 Å². The summed E-state index contributed by atoms with van der Waals surface area (Å²) in [5.74, 6) is 0.451. The number of aryl methyl sites for hydroxylation is 1. The highest BCUT2D eigenvalue weighted by molar-refractivity contribution is 7.91. The fraction of sp³-hybridized carbons (Fsp3) is 0.545. The average Bonchev–Trinajstić information content (AvgIpc) is 2.67. The zero-order valence-corrected chi connectivity index (χ0v) is 10.3. The molecule has 4 nitrogen and oxygen atoms in total. The molecule has 88 valence electrons. The van der Waals surface area contributed by atoms with E-state index in [4.69, 9.17) is 0 Å². The third-order valence-electron chi connectivity index (χ3n) is 3.22. The van der Waals surface area contributed by atoms with Crippen LogP contribution in [0, 0.1) is 13.8 Å². The largest absolute Gasteiger partial charge is 0.344 e. The molecule has 1 unspecified atom stereocenters. The molecule has 0 N–H and O–H groups in total. The van der Waals surface area contributed by atoms with E-state index in [2.05, 4.69) is 0 Å². The first kappa shape index (κ1) is 11.4. The van der Waals surface area contributed by atoms with E-state index in [9.17, 15) is 13.2 Å². The summed E-state index contributed by atoms with van der Waals surface area (Å²) < 4.78 is 24.8. The number of aldehydes is 1. The van der Waals surface area contributed by atoms with Crippen molar-refractivity contribution in [1.29, 1.82) is 0 Å². The van der Waals surface area contributed by atoms with E-state index in [-0.39, 0.29) is 17.5 Å². The van der Waals surface area contributed by atoms with Crippen molar-refractivity contribution in [3.8, 4) is 0 Å². The molecule has 1 fully saturated rings. The van der Waals surface area contributed by atoms with Crippen molar-refractivity contribution in [2.75, 3.05) is 11.5 Å². The molecule has 1 aromatic rings. The van der Waals surface area contributed by atoms with E-state index in [0.29, 0.717) is 12.0 Å². The van der Waals surface area contributed by atoms with Crippen LogP contribution in [0.2, 0.25) is 0 Å². The van der Waals surface area contributed by atoms with Gasteiger partial charge < -0.3 is 4.57 Å². The first-order valence-electron chi connectivity index (χ1n) is 5.28. The molecule has 1 aliphatic heterocycles. The molecular weight excluding hydrogens is 226 g/mol. The van der Waals surface area contributed by atoms with Gasteiger partial charge in [-0.3, -0.25) is 4.79 Å². The van der Waals surface area contributed by atoms with Crippen molar-refractivity contribution in [3.05, 3.63) is 23.0 Å². The van der Waals surface area contributed by atoms with Crippen LogP contribution in [0.1, 0.15) is 34.2 Å². The van der Waals surface area contributed by atoms with E-state index in [0.717, 1.165) is 17.7 Å². The van der Waals surface area contributed by atoms with Gasteiger partial charge in [0.05, 0.1) is 11.5 Å². The highest BCUT2D eigenvalue weighted by Gasteiger charge is 2.30. The summed E-state index contributed by atoms with van der Waals surface area (Å²) in [6, 6.07) is 1.81. The molecule has 16 heavy (non-hydrogen) atoms. The van der Waals surface area contributed by atoms with E-state index in [1.807, 2.05) is 24.5 Å². The second-order valence-electron chi connectivity index (χ2n) is 4.37. The Balaban J connectivity index is 2.42. The molecule has 1 aliphatic rings. The van der Waals surface area contributed by atoms with E-state index in [1.165, 1.54) is 0 Å². The Morgan fingerprint density at radius 2 is 2.12 bits per heavy atom. The lowest BCUT2D eigenvalue weighted by Gasteiger charge is -2.15. The molecule has 2 rings (SSSR count). The van der Waals surface area contributed by atoms with Crippen LogP contribution < -0.4 is 0 Å². The van der Waals surface area contributed by atoms with Crippen molar-refractivity contribution in [3.63, 3.8) is 0 Å². The van der Waals surface area contributed by atoms with Gasteiger partial charge in [-0.1, -0.05) is 0 Å². The normalized spacial score (nSPS) is 23.5. The molecule has 1 aromatic heterocycles. The highest BCUT2D eigenvalue weighted by Crippen LogP contribution is 2.28. The van der Waals surface area contributed by atoms with E-state index >= 15 is 0 Å². The molecule has 0 aromatic carbocycles. The predicted molar refractivity (Wildman–Crippen MR) is 61.6 cm³/mol. The third kappa shape index (κ3) is 1.80. The highest BCUT2D eigenvalue weighted by atomic mass is 32.2. The Bertz CT molecular complexity index is 528. The quantitative estimate of drug-likeness (QED) is 0.733. The first-order valence-corrected chi connectivity index (χ1v) is 7.11. The van der Waals surface area contributed by atoms with Crippen LogP contribution in [0.5, 0.6) is 0 Å². The van der Waals surface area contributed by atoms with Crippen molar-refractivity contribution in [1.82, 2.24) is 4.57 Å². The molecule has 0 spiro atoms. The van der Waals surface area contributed by atoms with E-state index in [1.54, 1.807) is 0 Å². The second-order valence-corrected chi connectivity index (χ2v) is 6.60. The minimum absolute atomic E-state index is 0.00120. The van der Waals surface area contributed by atoms with Crippen LogP contribution in [0.25, 0.3) is 0 Å². The number of nitrogens with zero attached hydrogens (tertiary/aromatic N) is 1. The van der Waals surface area contributed by atoms with Crippen LogP contribution in [0.4, 0.5) is 0 Å². The van der Waals surface area contributed by atoms with Gasteiger partial charge in [-0.2, -0.15) is 0 Å². The molecule has 2 heterocycles. The van der Waals surface area contributed by atoms with Crippen molar-refractivity contribution < 1.29 is 13.2 Å². The topological polar surface area (TPSA) is 56.1 Å². The number of sulfone groups is 1. The van der Waals surface area contributed by atoms with Gasteiger partial charge in [0, 0.05) is 23.0 Å². The first-order chi connectivity index (χ1) is 7.44. The Morgan fingerprint density at radius 3 is 2.56 bits per heavy atom. The lowest BCUT2D eigenvalue weighted by Crippen LogP contribution is -2.13. The number of aromatic nitrogens is 1. The van der Waals surface area contributed by atoms with Gasteiger partial charge in [0.2, 0.25) is 0 Å². The van der Waals surface area contributed by atoms with Crippen molar-refractivity contribution in [2.45, 2.75) is 26.3 Å². The Kier molecular flexibility index (Phi) is 2.66. The Morgan fingerprint density at radius 1 is 1.44 bits per heavy atom. The number of hydrogen-bond acceptors (Lipinski definition) is 3. The molecule has 1 saturated heterocycles.